The van der Waals surface area contributed by atoms with Gasteiger partial charge in [-0.2, -0.15) is 0 Å². The van der Waals surface area contributed by atoms with Crippen LogP contribution >= 0.6 is 0 Å². The number of nitrogens with zero attached hydrogens (tertiary/aromatic N) is 2. The van der Waals surface area contributed by atoms with Crippen LogP contribution in [0.2, 0.25) is 0 Å². The van der Waals surface area contributed by atoms with Crippen LogP contribution in [0.1, 0.15) is 0 Å². The molecule has 0 aliphatic rings. The van der Waals surface area contributed by atoms with E-state index in [0.29, 0.717) is 22.9 Å². The number of benzene rings is 1. The van der Waals surface area contributed by atoms with E-state index in [9.17, 15) is 10.1 Å². The first kappa shape index (κ1) is 11.2. The standard InChI is InChI=1S/C13H9N3O3/c17-16(18)10-4-2-1-3-9(10)11-5-6-12(19-11)13-14-7-8-15-13/h1-8H,(H,14,15). The average molecular weight is 255 g/mol. The third-order valence-electron chi connectivity index (χ3n) is 2.70. The zero-order valence-corrected chi connectivity index (χ0v) is 9.74. The predicted molar refractivity (Wildman–Crippen MR) is 68.4 cm³/mol. The topological polar surface area (TPSA) is 85.0 Å². The Balaban J connectivity index is 2.06. The molecular formula is C13H9N3O3. The molecular weight excluding hydrogens is 246 g/mol. The zero-order chi connectivity index (χ0) is 13.2. The van der Waals surface area contributed by atoms with E-state index in [-0.39, 0.29) is 5.69 Å². The molecule has 6 heteroatoms. The maximum absolute atomic E-state index is 11.0. The van der Waals surface area contributed by atoms with Gasteiger partial charge in [0, 0.05) is 18.5 Å². The normalized spacial score (nSPS) is 10.5. The van der Waals surface area contributed by atoms with Gasteiger partial charge >= 0.3 is 0 Å². The van der Waals surface area contributed by atoms with Gasteiger partial charge in [0.15, 0.2) is 11.6 Å². The lowest BCUT2D eigenvalue weighted by atomic mass is 10.1. The minimum atomic E-state index is -0.426. The van der Waals surface area contributed by atoms with Crippen LogP contribution in [0.3, 0.4) is 0 Å². The highest BCUT2D eigenvalue weighted by Crippen LogP contribution is 2.32. The highest BCUT2D eigenvalue weighted by Gasteiger charge is 2.17. The SMILES string of the molecule is O=[N+]([O-])c1ccccc1-c1ccc(-c2ncc[nH]2)o1. The highest BCUT2D eigenvalue weighted by molar-refractivity contribution is 5.70. The van der Waals surface area contributed by atoms with Crippen LogP contribution in [0.15, 0.2) is 53.2 Å². The number of nitro benzene ring substituents is 1. The molecule has 0 aliphatic carbocycles. The molecule has 3 rings (SSSR count). The summed E-state index contributed by atoms with van der Waals surface area (Å²) in [5, 5.41) is 11.0. The molecule has 0 amide bonds. The van der Waals surface area contributed by atoms with Crippen molar-refractivity contribution in [2.24, 2.45) is 0 Å². The molecule has 3 aromatic rings. The van der Waals surface area contributed by atoms with Gasteiger partial charge in [-0.15, -0.1) is 0 Å². The van der Waals surface area contributed by atoms with Gasteiger partial charge in [-0.05, 0) is 18.2 Å². The largest absolute Gasteiger partial charge is 0.453 e. The number of nitro groups is 1. The molecule has 0 saturated carbocycles. The Bertz CT molecular complexity index is 716. The first-order valence-electron chi connectivity index (χ1n) is 5.59. The molecule has 1 aromatic carbocycles. The molecule has 2 heterocycles. The summed E-state index contributed by atoms with van der Waals surface area (Å²) >= 11 is 0. The molecule has 0 atom stereocenters. The predicted octanol–water partition coefficient (Wildman–Crippen LogP) is 3.24. The van der Waals surface area contributed by atoms with E-state index in [2.05, 4.69) is 9.97 Å². The summed E-state index contributed by atoms with van der Waals surface area (Å²) in [7, 11) is 0. The summed E-state index contributed by atoms with van der Waals surface area (Å²) in [6.07, 6.45) is 3.30. The van der Waals surface area contributed by atoms with E-state index in [1.807, 2.05) is 0 Å². The number of hydrogen-bond donors (Lipinski definition) is 1. The molecule has 0 saturated heterocycles. The van der Waals surface area contributed by atoms with Crippen LogP contribution in [-0.4, -0.2) is 14.9 Å². The maximum atomic E-state index is 11.0. The summed E-state index contributed by atoms with van der Waals surface area (Å²) in [6, 6.07) is 9.88. The smallest absolute Gasteiger partial charge is 0.280 e. The second kappa shape index (κ2) is 4.41. The second-order valence-corrected chi connectivity index (χ2v) is 3.88. The molecule has 1 N–H and O–H groups in total. The van der Waals surface area contributed by atoms with Gasteiger partial charge in [0.25, 0.3) is 5.69 Å². The van der Waals surface area contributed by atoms with Crippen LogP contribution < -0.4 is 0 Å². The fraction of sp³-hybridized carbons (Fsp3) is 0. The molecule has 94 valence electrons. The Morgan fingerprint density at radius 2 is 1.95 bits per heavy atom. The third-order valence-corrected chi connectivity index (χ3v) is 2.70. The number of aromatic amines is 1. The van der Waals surface area contributed by atoms with E-state index in [4.69, 9.17) is 4.42 Å². The lowest BCUT2D eigenvalue weighted by molar-refractivity contribution is -0.384. The van der Waals surface area contributed by atoms with Crippen molar-refractivity contribution in [2.45, 2.75) is 0 Å². The summed E-state index contributed by atoms with van der Waals surface area (Å²) in [6.45, 7) is 0. The van der Waals surface area contributed by atoms with Crippen molar-refractivity contribution in [3.8, 4) is 22.9 Å². The van der Waals surface area contributed by atoms with Crippen molar-refractivity contribution < 1.29 is 9.34 Å². The van der Waals surface area contributed by atoms with Crippen molar-refractivity contribution in [2.75, 3.05) is 0 Å². The number of H-pyrrole nitrogens is 1. The van der Waals surface area contributed by atoms with E-state index in [0.717, 1.165) is 0 Å². The van der Waals surface area contributed by atoms with Gasteiger partial charge in [-0.1, -0.05) is 12.1 Å². The van der Waals surface area contributed by atoms with Gasteiger partial charge in [0.05, 0.1) is 10.5 Å². The quantitative estimate of drug-likeness (QED) is 0.575. The van der Waals surface area contributed by atoms with E-state index >= 15 is 0 Å². The number of aromatic nitrogens is 2. The number of rotatable bonds is 3. The first-order valence-corrected chi connectivity index (χ1v) is 5.59. The van der Waals surface area contributed by atoms with Crippen LogP contribution in [0, 0.1) is 10.1 Å². The Labute approximate surface area is 107 Å². The summed E-state index contributed by atoms with van der Waals surface area (Å²) in [5.74, 6) is 1.57. The van der Waals surface area contributed by atoms with Gasteiger partial charge in [-0.25, -0.2) is 4.98 Å². The van der Waals surface area contributed by atoms with Crippen LogP contribution in [-0.2, 0) is 0 Å². The Hall–Kier alpha value is -2.89. The summed E-state index contributed by atoms with van der Waals surface area (Å²) in [4.78, 5) is 17.5. The van der Waals surface area contributed by atoms with Crippen molar-refractivity contribution in [3.63, 3.8) is 0 Å². The van der Waals surface area contributed by atoms with Gasteiger partial charge < -0.3 is 9.40 Å². The van der Waals surface area contributed by atoms with Crippen molar-refractivity contribution in [1.29, 1.82) is 0 Å². The van der Waals surface area contributed by atoms with E-state index in [1.54, 1.807) is 42.7 Å². The molecule has 0 aliphatic heterocycles. The maximum Gasteiger partial charge on any atom is 0.280 e. The minimum absolute atomic E-state index is 0.0165. The number of nitrogens with one attached hydrogen (secondary N) is 1. The fourth-order valence-electron chi connectivity index (χ4n) is 1.85. The third kappa shape index (κ3) is 1.99. The zero-order valence-electron chi connectivity index (χ0n) is 9.74. The molecule has 6 nitrogen and oxygen atoms in total. The van der Waals surface area contributed by atoms with E-state index < -0.39 is 4.92 Å². The number of hydrogen-bond acceptors (Lipinski definition) is 4. The molecule has 0 radical (unpaired) electrons. The van der Waals surface area contributed by atoms with Crippen LogP contribution in [0.25, 0.3) is 22.9 Å². The number of para-hydroxylation sites is 1. The minimum Gasteiger partial charge on any atom is -0.453 e. The molecule has 0 fully saturated rings. The number of furan rings is 1. The highest BCUT2D eigenvalue weighted by atomic mass is 16.6. The molecule has 2 aromatic heterocycles. The van der Waals surface area contributed by atoms with Crippen molar-refractivity contribution in [1.82, 2.24) is 9.97 Å². The lowest BCUT2D eigenvalue weighted by Gasteiger charge is -1.98. The Morgan fingerprint density at radius 3 is 2.68 bits per heavy atom. The average Bonchev–Trinajstić information content (AvgIpc) is 3.09. The molecule has 0 spiro atoms. The van der Waals surface area contributed by atoms with Crippen molar-refractivity contribution >= 4 is 5.69 Å². The Morgan fingerprint density at radius 1 is 1.16 bits per heavy atom. The van der Waals surface area contributed by atoms with Gasteiger partial charge in [0.2, 0.25) is 0 Å². The molecule has 0 bridgehead atoms. The molecule has 19 heavy (non-hydrogen) atoms. The van der Waals surface area contributed by atoms with Crippen LogP contribution in [0.5, 0.6) is 0 Å². The molecule has 0 unspecified atom stereocenters. The van der Waals surface area contributed by atoms with Crippen LogP contribution in [0.4, 0.5) is 5.69 Å². The monoisotopic (exact) mass is 255 g/mol. The fourth-order valence-corrected chi connectivity index (χ4v) is 1.85. The van der Waals surface area contributed by atoms with Crippen molar-refractivity contribution in [3.05, 3.63) is 58.9 Å². The summed E-state index contributed by atoms with van der Waals surface area (Å²) < 4.78 is 5.61. The van der Waals surface area contributed by atoms with Gasteiger partial charge in [0.1, 0.15) is 5.76 Å². The second-order valence-electron chi connectivity index (χ2n) is 3.88. The van der Waals surface area contributed by atoms with Gasteiger partial charge in [-0.3, -0.25) is 10.1 Å². The van der Waals surface area contributed by atoms with E-state index in [1.165, 1.54) is 6.07 Å². The summed E-state index contributed by atoms with van der Waals surface area (Å²) in [5.41, 5.74) is 0.466. The lowest BCUT2D eigenvalue weighted by Crippen LogP contribution is -1.90. The number of imidazole rings is 1. The first-order chi connectivity index (χ1) is 9.25. The Kier molecular flexibility index (Phi) is 2.60.